The summed E-state index contributed by atoms with van der Waals surface area (Å²) in [7, 11) is 0. The molecule has 1 amide bonds. The number of carbonyl (C=O) groups excluding carboxylic acids is 3. The van der Waals surface area contributed by atoms with E-state index >= 15 is 0 Å². The molecule has 2 heterocycles. The Labute approximate surface area is 195 Å². The summed E-state index contributed by atoms with van der Waals surface area (Å²) in [5.74, 6) is 1.51. The van der Waals surface area contributed by atoms with Gasteiger partial charge in [0, 0.05) is 36.7 Å². The van der Waals surface area contributed by atoms with Crippen LogP contribution in [0.4, 0.5) is 0 Å². The van der Waals surface area contributed by atoms with Crippen LogP contribution in [0, 0.1) is 19.8 Å². The minimum Gasteiger partial charge on any atom is -0.441 e. The van der Waals surface area contributed by atoms with Crippen LogP contribution in [0.2, 0.25) is 5.02 Å². The lowest BCUT2D eigenvalue weighted by Gasteiger charge is -2.17. The lowest BCUT2D eigenvalue weighted by atomic mass is 10.1. The Hall–Kier alpha value is -2.99. The van der Waals surface area contributed by atoms with E-state index in [9.17, 15) is 4.79 Å². The summed E-state index contributed by atoms with van der Waals surface area (Å²) in [6, 6.07) is 13.2. The number of hydrogen-bond donors (Lipinski definition) is 0. The number of rotatable bonds is 1. The number of oxazole rings is 1. The number of benzene rings is 2. The molecule has 7 heteroatoms. The molecule has 2 aromatic carbocycles. The SMILES string of the molecule is C=O.C=O.CC.Cc1ccccc1C(=O)N1CCC(C)C1.Cc1nc2ccc(Cl)cc2o1. The molecule has 1 aliphatic rings. The molecule has 1 atom stereocenters. The number of aromatic nitrogens is 1. The van der Waals surface area contributed by atoms with Crippen LogP contribution in [0.5, 0.6) is 0 Å². The molecule has 1 unspecified atom stereocenters. The minimum absolute atomic E-state index is 0.192. The predicted molar refractivity (Wildman–Crippen MR) is 130 cm³/mol. The van der Waals surface area contributed by atoms with Gasteiger partial charge in [-0.25, -0.2) is 4.98 Å². The zero-order valence-electron chi connectivity index (χ0n) is 19.6. The maximum atomic E-state index is 12.1. The van der Waals surface area contributed by atoms with Gasteiger partial charge in [0.25, 0.3) is 5.91 Å². The molecule has 0 bridgehead atoms. The van der Waals surface area contributed by atoms with Crippen molar-refractivity contribution >= 4 is 42.2 Å². The van der Waals surface area contributed by atoms with Gasteiger partial charge in [-0.3, -0.25) is 4.79 Å². The van der Waals surface area contributed by atoms with Gasteiger partial charge in [-0.15, -0.1) is 0 Å². The number of halogens is 1. The van der Waals surface area contributed by atoms with Crippen molar-refractivity contribution in [1.82, 2.24) is 9.88 Å². The molecule has 0 N–H and O–H groups in total. The summed E-state index contributed by atoms with van der Waals surface area (Å²) < 4.78 is 5.25. The first-order chi connectivity index (χ1) is 15.4. The van der Waals surface area contributed by atoms with Crippen molar-refractivity contribution in [3.8, 4) is 0 Å². The van der Waals surface area contributed by atoms with E-state index in [2.05, 4.69) is 11.9 Å². The lowest BCUT2D eigenvalue weighted by Crippen LogP contribution is -2.28. The Kier molecular flexibility index (Phi) is 14.3. The molecule has 6 nitrogen and oxygen atoms in total. The maximum absolute atomic E-state index is 12.1. The van der Waals surface area contributed by atoms with E-state index in [1.54, 1.807) is 12.1 Å². The largest absolute Gasteiger partial charge is 0.441 e. The first-order valence-electron chi connectivity index (χ1n) is 10.4. The van der Waals surface area contributed by atoms with Gasteiger partial charge in [0.2, 0.25) is 0 Å². The monoisotopic (exact) mass is 460 g/mol. The molecule has 0 spiro atoms. The maximum Gasteiger partial charge on any atom is 0.254 e. The molecule has 3 aromatic rings. The molecule has 4 rings (SSSR count). The van der Waals surface area contributed by atoms with Crippen LogP contribution in [-0.4, -0.2) is 42.5 Å². The first kappa shape index (κ1) is 29.0. The van der Waals surface area contributed by atoms with Crippen molar-refractivity contribution in [2.75, 3.05) is 13.1 Å². The summed E-state index contributed by atoms with van der Waals surface area (Å²) in [5, 5.41) is 0.675. The zero-order valence-corrected chi connectivity index (χ0v) is 20.3. The Bertz CT molecular complexity index is 956. The summed E-state index contributed by atoms with van der Waals surface area (Å²) in [5.41, 5.74) is 3.52. The average molecular weight is 461 g/mol. The summed E-state index contributed by atoms with van der Waals surface area (Å²) >= 11 is 5.74. The molecule has 1 aliphatic heterocycles. The number of likely N-dealkylation sites (tertiary alicyclic amines) is 1. The second kappa shape index (κ2) is 15.8. The Morgan fingerprint density at radius 1 is 1.09 bits per heavy atom. The molecule has 174 valence electrons. The molecule has 0 saturated carbocycles. The molecule has 0 aliphatic carbocycles. The highest BCUT2D eigenvalue weighted by molar-refractivity contribution is 6.31. The quantitative estimate of drug-likeness (QED) is 0.450. The molecular weight excluding hydrogens is 428 g/mol. The Balaban J connectivity index is 0.000000500. The lowest BCUT2D eigenvalue weighted by molar-refractivity contribution is -0.0987. The third-order valence-corrected chi connectivity index (χ3v) is 4.78. The molecule has 32 heavy (non-hydrogen) atoms. The first-order valence-corrected chi connectivity index (χ1v) is 10.8. The van der Waals surface area contributed by atoms with Gasteiger partial charge in [0.15, 0.2) is 11.5 Å². The normalized spacial score (nSPS) is 13.8. The molecule has 0 radical (unpaired) electrons. The van der Waals surface area contributed by atoms with Gasteiger partial charge < -0.3 is 18.9 Å². The standard InChI is InChI=1S/C13H17NO.C8H6ClNO.C2H6.2CH2O/c1-10-7-8-14(9-10)13(15)12-6-4-3-5-11(12)2;1-5-10-7-3-2-6(9)4-8(7)11-5;3*1-2/h3-6,10H,7-9H2,1-2H3;2-4H,1H3;1-2H3;2*1H2. The molecule has 1 fully saturated rings. The highest BCUT2D eigenvalue weighted by atomic mass is 35.5. The highest BCUT2D eigenvalue weighted by Crippen LogP contribution is 2.20. The smallest absolute Gasteiger partial charge is 0.254 e. The summed E-state index contributed by atoms with van der Waals surface area (Å²) in [6.07, 6.45) is 1.14. The fourth-order valence-corrected chi connectivity index (χ4v) is 3.28. The van der Waals surface area contributed by atoms with Crippen LogP contribution in [0.3, 0.4) is 0 Å². The van der Waals surface area contributed by atoms with Crippen LogP contribution in [0.1, 0.15) is 49.0 Å². The summed E-state index contributed by atoms with van der Waals surface area (Å²) in [4.78, 5) is 34.2. The second-order valence-electron chi connectivity index (χ2n) is 6.80. The number of nitrogens with zero attached hydrogens (tertiary/aromatic N) is 2. The second-order valence-corrected chi connectivity index (χ2v) is 7.24. The fourth-order valence-electron chi connectivity index (χ4n) is 3.12. The van der Waals surface area contributed by atoms with Crippen molar-refractivity contribution in [3.05, 3.63) is 64.5 Å². The molecule has 1 aromatic heterocycles. The number of aryl methyl sites for hydroxylation is 2. The third-order valence-electron chi connectivity index (χ3n) is 4.54. The Morgan fingerprint density at radius 2 is 1.72 bits per heavy atom. The van der Waals surface area contributed by atoms with Crippen molar-refractivity contribution in [1.29, 1.82) is 0 Å². The van der Waals surface area contributed by atoms with E-state index in [-0.39, 0.29) is 5.91 Å². The van der Waals surface area contributed by atoms with Crippen molar-refractivity contribution in [2.45, 2.75) is 41.0 Å². The average Bonchev–Trinajstić information content (AvgIpc) is 3.42. The summed E-state index contributed by atoms with van der Waals surface area (Å²) in [6.45, 7) is 15.8. The van der Waals surface area contributed by atoms with Crippen LogP contribution >= 0.6 is 11.6 Å². The van der Waals surface area contributed by atoms with Crippen molar-refractivity contribution in [2.24, 2.45) is 5.92 Å². The van der Waals surface area contributed by atoms with Gasteiger partial charge >= 0.3 is 0 Å². The number of fused-ring (bicyclic) bond motifs is 1. The van der Waals surface area contributed by atoms with E-state index in [4.69, 9.17) is 25.6 Å². The molecule has 1 saturated heterocycles. The van der Waals surface area contributed by atoms with E-state index in [0.717, 1.165) is 41.7 Å². The Morgan fingerprint density at radius 3 is 2.28 bits per heavy atom. The van der Waals surface area contributed by atoms with E-state index in [0.29, 0.717) is 16.8 Å². The predicted octanol–water partition coefficient (Wildman–Crippen LogP) is 5.92. The van der Waals surface area contributed by atoms with Crippen LogP contribution in [0.25, 0.3) is 11.1 Å². The number of amides is 1. The third kappa shape index (κ3) is 8.63. The van der Waals surface area contributed by atoms with Gasteiger partial charge in [0.05, 0.1) is 0 Å². The molecular formula is C25H33ClN2O4. The van der Waals surface area contributed by atoms with Gasteiger partial charge in [0.1, 0.15) is 19.1 Å². The van der Waals surface area contributed by atoms with Gasteiger partial charge in [-0.1, -0.05) is 50.6 Å². The van der Waals surface area contributed by atoms with Crippen molar-refractivity contribution < 1.29 is 18.8 Å². The van der Waals surface area contributed by atoms with Crippen LogP contribution in [-0.2, 0) is 9.59 Å². The van der Waals surface area contributed by atoms with E-state index in [1.807, 2.05) is 76.5 Å². The van der Waals surface area contributed by atoms with Gasteiger partial charge in [-0.05, 0) is 43.0 Å². The van der Waals surface area contributed by atoms with E-state index < -0.39 is 0 Å². The minimum atomic E-state index is 0.192. The number of hydrogen-bond acceptors (Lipinski definition) is 5. The van der Waals surface area contributed by atoms with Crippen LogP contribution < -0.4 is 0 Å². The highest BCUT2D eigenvalue weighted by Gasteiger charge is 2.24. The van der Waals surface area contributed by atoms with Crippen molar-refractivity contribution in [3.63, 3.8) is 0 Å². The van der Waals surface area contributed by atoms with Crippen LogP contribution in [0.15, 0.2) is 46.9 Å². The fraction of sp³-hybridized carbons (Fsp3) is 0.360. The number of carbonyl (C=O) groups is 3. The zero-order chi connectivity index (χ0) is 24.7. The van der Waals surface area contributed by atoms with Gasteiger partial charge in [-0.2, -0.15) is 0 Å². The topological polar surface area (TPSA) is 80.5 Å². The van der Waals surface area contributed by atoms with E-state index in [1.165, 1.54) is 0 Å².